The molecule has 3 heteroatoms. The van der Waals surface area contributed by atoms with Crippen LogP contribution in [-0.2, 0) is 4.79 Å². The first kappa shape index (κ1) is 14.5. The van der Waals surface area contributed by atoms with Crippen molar-refractivity contribution in [2.75, 3.05) is 33.2 Å². The van der Waals surface area contributed by atoms with Crippen LogP contribution in [0.5, 0.6) is 0 Å². The lowest BCUT2D eigenvalue weighted by molar-refractivity contribution is -0.132. The highest BCUT2D eigenvalue weighted by atomic mass is 16.2. The molecule has 0 N–H and O–H groups in total. The van der Waals surface area contributed by atoms with E-state index >= 15 is 0 Å². The largest absolute Gasteiger partial charge is 0.343 e. The van der Waals surface area contributed by atoms with Gasteiger partial charge in [-0.2, -0.15) is 0 Å². The predicted octanol–water partition coefficient (Wildman–Crippen LogP) is 2.37. The van der Waals surface area contributed by atoms with Crippen molar-refractivity contribution in [2.45, 2.75) is 46.0 Å². The molecule has 0 aromatic heterocycles. The van der Waals surface area contributed by atoms with Crippen molar-refractivity contribution in [3.05, 3.63) is 0 Å². The molecule has 17 heavy (non-hydrogen) atoms. The topological polar surface area (TPSA) is 23.6 Å². The highest BCUT2D eigenvalue weighted by Gasteiger charge is 2.22. The molecule has 0 unspecified atom stereocenters. The molecule has 0 saturated carbocycles. The standard InChI is InChI=1S/C14H28N2O/c1-4-6-9-15(3)12-13-7-10-16(11-8-13)14(17)5-2/h13H,4-12H2,1-3H3. The Morgan fingerprint density at radius 2 is 1.94 bits per heavy atom. The molecule has 100 valence electrons. The Hall–Kier alpha value is -0.570. The van der Waals surface area contributed by atoms with E-state index in [9.17, 15) is 4.79 Å². The fraction of sp³-hybridized carbons (Fsp3) is 0.929. The van der Waals surface area contributed by atoms with E-state index in [2.05, 4.69) is 18.9 Å². The Morgan fingerprint density at radius 3 is 2.47 bits per heavy atom. The van der Waals surface area contributed by atoms with Gasteiger partial charge in [0.25, 0.3) is 0 Å². The van der Waals surface area contributed by atoms with Gasteiger partial charge in [-0.15, -0.1) is 0 Å². The number of unbranched alkanes of at least 4 members (excludes halogenated alkanes) is 1. The molecule has 1 aliphatic rings. The molecular formula is C14H28N2O. The minimum absolute atomic E-state index is 0.322. The molecule has 1 fully saturated rings. The average Bonchev–Trinajstić information content (AvgIpc) is 2.36. The second-order valence-electron chi connectivity index (χ2n) is 5.29. The summed E-state index contributed by atoms with van der Waals surface area (Å²) in [6, 6.07) is 0. The van der Waals surface area contributed by atoms with Gasteiger partial charge >= 0.3 is 0 Å². The summed E-state index contributed by atoms with van der Waals surface area (Å²) < 4.78 is 0. The van der Waals surface area contributed by atoms with Crippen LogP contribution in [0, 0.1) is 5.92 Å². The second-order valence-corrected chi connectivity index (χ2v) is 5.29. The smallest absolute Gasteiger partial charge is 0.222 e. The van der Waals surface area contributed by atoms with Gasteiger partial charge in [0.05, 0.1) is 0 Å². The van der Waals surface area contributed by atoms with Crippen LogP contribution in [0.4, 0.5) is 0 Å². The lowest BCUT2D eigenvalue weighted by Crippen LogP contribution is -2.40. The summed E-state index contributed by atoms with van der Waals surface area (Å²) in [5, 5.41) is 0. The second kappa shape index (κ2) is 7.70. The van der Waals surface area contributed by atoms with E-state index < -0.39 is 0 Å². The highest BCUT2D eigenvalue weighted by Crippen LogP contribution is 2.18. The number of amides is 1. The Bertz CT molecular complexity index is 222. The van der Waals surface area contributed by atoms with Crippen LogP contribution >= 0.6 is 0 Å². The molecule has 0 bridgehead atoms. The van der Waals surface area contributed by atoms with Crippen molar-refractivity contribution in [3.63, 3.8) is 0 Å². The monoisotopic (exact) mass is 240 g/mol. The molecule has 3 nitrogen and oxygen atoms in total. The number of rotatable bonds is 6. The summed E-state index contributed by atoms with van der Waals surface area (Å²) in [6.07, 6.45) is 5.59. The number of carbonyl (C=O) groups excluding carboxylic acids is 1. The molecule has 1 aliphatic heterocycles. The number of likely N-dealkylation sites (tertiary alicyclic amines) is 1. The molecule has 1 saturated heterocycles. The molecule has 0 atom stereocenters. The Kier molecular flexibility index (Phi) is 6.56. The van der Waals surface area contributed by atoms with Crippen LogP contribution in [-0.4, -0.2) is 48.9 Å². The van der Waals surface area contributed by atoms with Crippen LogP contribution < -0.4 is 0 Å². The first-order valence-electron chi connectivity index (χ1n) is 7.13. The fourth-order valence-corrected chi connectivity index (χ4v) is 2.55. The van der Waals surface area contributed by atoms with Gasteiger partial charge in [0.1, 0.15) is 0 Å². The van der Waals surface area contributed by atoms with Crippen LogP contribution in [0.3, 0.4) is 0 Å². The quantitative estimate of drug-likeness (QED) is 0.711. The predicted molar refractivity (Wildman–Crippen MR) is 72.0 cm³/mol. The zero-order chi connectivity index (χ0) is 12.7. The van der Waals surface area contributed by atoms with Crippen LogP contribution in [0.1, 0.15) is 46.0 Å². The van der Waals surface area contributed by atoms with Crippen molar-refractivity contribution in [1.82, 2.24) is 9.80 Å². The average molecular weight is 240 g/mol. The molecule has 0 aliphatic carbocycles. The minimum atomic E-state index is 0.322. The zero-order valence-corrected chi connectivity index (χ0v) is 11.7. The first-order valence-corrected chi connectivity index (χ1v) is 7.13. The van der Waals surface area contributed by atoms with E-state index in [-0.39, 0.29) is 0 Å². The van der Waals surface area contributed by atoms with Gasteiger partial charge in [-0.3, -0.25) is 4.79 Å². The number of hydrogen-bond acceptors (Lipinski definition) is 2. The van der Waals surface area contributed by atoms with E-state index in [4.69, 9.17) is 0 Å². The van der Waals surface area contributed by atoms with Gasteiger partial charge in [0.2, 0.25) is 5.91 Å². The number of nitrogens with zero attached hydrogens (tertiary/aromatic N) is 2. The maximum atomic E-state index is 11.6. The van der Waals surface area contributed by atoms with Crippen LogP contribution in [0.25, 0.3) is 0 Å². The third-order valence-electron chi connectivity index (χ3n) is 3.73. The van der Waals surface area contributed by atoms with Gasteiger partial charge in [-0.1, -0.05) is 20.3 Å². The van der Waals surface area contributed by atoms with Crippen LogP contribution in [0.2, 0.25) is 0 Å². The van der Waals surface area contributed by atoms with Gasteiger partial charge in [-0.05, 0) is 38.8 Å². The zero-order valence-electron chi connectivity index (χ0n) is 11.7. The van der Waals surface area contributed by atoms with Crippen molar-refractivity contribution in [1.29, 1.82) is 0 Å². The van der Waals surface area contributed by atoms with Crippen molar-refractivity contribution >= 4 is 5.91 Å². The lowest BCUT2D eigenvalue weighted by Gasteiger charge is -2.33. The summed E-state index contributed by atoms with van der Waals surface area (Å²) >= 11 is 0. The highest BCUT2D eigenvalue weighted by molar-refractivity contribution is 5.75. The van der Waals surface area contributed by atoms with E-state index in [0.717, 1.165) is 19.0 Å². The number of piperidine rings is 1. The normalized spacial score (nSPS) is 17.8. The Balaban J connectivity index is 2.20. The molecule has 1 rings (SSSR count). The van der Waals surface area contributed by atoms with E-state index in [0.29, 0.717) is 12.3 Å². The summed E-state index contributed by atoms with van der Waals surface area (Å²) in [4.78, 5) is 16.0. The molecule has 0 radical (unpaired) electrons. The SMILES string of the molecule is CCCCN(C)CC1CCN(C(=O)CC)CC1. The summed E-state index contributed by atoms with van der Waals surface area (Å²) in [7, 11) is 2.22. The minimum Gasteiger partial charge on any atom is -0.343 e. The molecule has 0 spiro atoms. The number of carbonyl (C=O) groups is 1. The van der Waals surface area contributed by atoms with Gasteiger partial charge in [-0.25, -0.2) is 0 Å². The summed E-state index contributed by atoms with van der Waals surface area (Å²) in [6.45, 7) is 8.55. The molecule has 1 heterocycles. The fourth-order valence-electron chi connectivity index (χ4n) is 2.55. The van der Waals surface area contributed by atoms with Crippen molar-refractivity contribution in [2.24, 2.45) is 5.92 Å². The van der Waals surface area contributed by atoms with E-state index in [1.807, 2.05) is 11.8 Å². The summed E-state index contributed by atoms with van der Waals surface area (Å²) in [5.41, 5.74) is 0. The first-order chi connectivity index (χ1) is 8.17. The third-order valence-corrected chi connectivity index (χ3v) is 3.73. The Labute approximate surface area is 106 Å². The van der Waals surface area contributed by atoms with Crippen molar-refractivity contribution in [3.8, 4) is 0 Å². The summed E-state index contributed by atoms with van der Waals surface area (Å²) in [5.74, 6) is 1.11. The Morgan fingerprint density at radius 1 is 1.29 bits per heavy atom. The third kappa shape index (κ3) is 5.07. The van der Waals surface area contributed by atoms with Crippen molar-refractivity contribution < 1.29 is 4.79 Å². The van der Waals surface area contributed by atoms with Gasteiger partial charge in [0, 0.05) is 26.1 Å². The molecular weight excluding hydrogens is 212 g/mol. The van der Waals surface area contributed by atoms with E-state index in [1.165, 1.54) is 38.8 Å². The van der Waals surface area contributed by atoms with Gasteiger partial charge in [0.15, 0.2) is 0 Å². The van der Waals surface area contributed by atoms with E-state index in [1.54, 1.807) is 0 Å². The lowest BCUT2D eigenvalue weighted by atomic mass is 9.96. The van der Waals surface area contributed by atoms with Gasteiger partial charge < -0.3 is 9.80 Å². The number of hydrogen-bond donors (Lipinski definition) is 0. The maximum Gasteiger partial charge on any atom is 0.222 e. The molecule has 1 amide bonds. The molecule has 0 aromatic rings. The molecule has 0 aromatic carbocycles. The van der Waals surface area contributed by atoms with Crippen LogP contribution in [0.15, 0.2) is 0 Å². The maximum absolute atomic E-state index is 11.6.